The molecule has 0 N–H and O–H groups in total. The van der Waals surface area contributed by atoms with Crippen LogP contribution in [0.15, 0.2) is 59.4 Å². The van der Waals surface area contributed by atoms with Gasteiger partial charge in [-0.2, -0.15) is 5.10 Å². The third kappa shape index (κ3) is 3.18. The minimum absolute atomic E-state index is 0.115. The Morgan fingerprint density at radius 1 is 1.00 bits per heavy atom. The van der Waals surface area contributed by atoms with Crippen LogP contribution in [0.25, 0.3) is 21.5 Å². The van der Waals surface area contributed by atoms with Crippen molar-refractivity contribution in [1.82, 2.24) is 14.8 Å². The van der Waals surface area contributed by atoms with Gasteiger partial charge in [0.25, 0.3) is 5.56 Å². The second-order valence-electron chi connectivity index (χ2n) is 6.39. The average Bonchev–Trinajstić information content (AvgIpc) is 3.05. The number of aryl methyl sites for hydroxylation is 4. The molecular weight excluding hydrogens is 342 g/mol. The van der Waals surface area contributed by atoms with Crippen molar-refractivity contribution in [2.75, 3.05) is 0 Å². The Morgan fingerprint density at radius 2 is 1.73 bits per heavy atom. The molecule has 0 aliphatic rings. The fourth-order valence-electron chi connectivity index (χ4n) is 3.00. The lowest BCUT2D eigenvalue weighted by Gasteiger charge is -2.09. The number of hydrogen-bond acceptors (Lipinski definition) is 4. The monoisotopic (exact) mass is 361 g/mol. The number of thiazole rings is 1. The SMILES string of the molecule is Cc1ccc(-c2nn(CCc3ccccc3)c(=O)c3nc(C)sc23)cc1. The van der Waals surface area contributed by atoms with Gasteiger partial charge in [0.2, 0.25) is 0 Å². The van der Waals surface area contributed by atoms with Crippen molar-refractivity contribution in [3.05, 3.63) is 81.1 Å². The first kappa shape index (κ1) is 16.7. The molecule has 0 aliphatic carbocycles. The predicted octanol–water partition coefficient (Wildman–Crippen LogP) is 4.38. The molecular formula is C21H19N3OS. The Hall–Kier alpha value is -2.79. The van der Waals surface area contributed by atoms with Gasteiger partial charge in [-0.1, -0.05) is 60.2 Å². The van der Waals surface area contributed by atoms with Crippen LogP contribution >= 0.6 is 11.3 Å². The molecule has 4 nitrogen and oxygen atoms in total. The van der Waals surface area contributed by atoms with E-state index in [1.54, 1.807) is 4.68 Å². The summed E-state index contributed by atoms with van der Waals surface area (Å²) in [4.78, 5) is 17.3. The van der Waals surface area contributed by atoms with Gasteiger partial charge in [0.15, 0.2) is 5.52 Å². The van der Waals surface area contributed by atoms with Crippen LogP contribution in [-0.2, 0) is 13.0 Å². The lowest BCUT2D eigenvalue weighted by atomic mass is 10.1. The van der Waals surface area contributed by atoms with Crippen molar-refractivity contribution >= 4 is 21.6 Å². The molecule has 4 aromatic rings. The fourth-order valence-corrected chi connectivity index (χ4v) is 3.92. The fraction of sp³-hybridized carbons (Fsp3) is 0.190. The highest BCUT2D eigenvalue weighted by molar-refractivity contribution is 7.19. The van der Waals surface area contributed by atoms with Crippen LogP contribution in [0.5, 0.6) is 0 Å². The highest BCUT2D eigenvalue weighted by Gasteiger charge is 2.16. The number of fused-ring (bicyclic) bond motifs is 1. The van der Waals surface area contributed by atoms with Crippen molar-refractivity contribution in [2.24, 2.45) is 0 Å². The van der Waals surface area contributed by atoms with E-state index in [4.69, 9.17) is 5.10 Å². The maximum absolute atomic E-state index is 12.8. The van der Waals surface area contributed by atoms with Gasteiger partial charge in [-0.3, -0.25) is 4.79 Å². The third-order valence-corrected chi connectivity index (χ3v) is 5.36. The summed E-state index contributed by atoms with van der Waals surface area (Å²) in [6.07, 6.45) is 0.760. The molecule has 0 amide bonds. The molecule has 0 spiro atoms. The summed E-state index contributed by atoms with van der Waals surface area (Å²) >= 11 is 1.53. The van der Waals surface area contributed by atoms with Crippen molar-refractivity contribution in [3.63, 3.8) is 0 Å². The summed E-state index contributed by atoms with van der Waals surface area (Å²) < 4.78 is 2.43. The Bertz CT molecular complexity index is 1110. The Kier molecular flexibility index (Phi) is 4.39. The zero-order chi connectivity index (χ0) is 18.1. The lowest BCUT2D eigenvalue weighted by molar-refractivity contribution is 0.586. The number of benzene rings is 2. The van der Waals surface area contributed by atoms with Crippen molar-refractivity contribution in [1.29, 1.82) is 0 Å². The zero-order valence-electron chi connectivity index (χ0n) is 14.8. The van der Waals surface area contributed by atoms with E-state index in [0.29, 0.717) is 12.1 Å². The Balaban J connectivity index is 1.81. The largest absolute Gasteiger partial charge is 0.294 e. The first-order chi connectivity index (χ1) is 12.6. The van der Waals surface area contributed by atoms with Crippen molar-refractivity contribution in [3.8, 4) is 11.3 Å². The zero-order valence-corrected chi connectivity index (χ0v) is 15.6. The normalized spacial score (nSPS) is 11.2. The molecule has 0 fully saturated rings. The standard InChI is InChI=1S/C21H19N3OS/c1-14-8-10-17(11-9-14)18-20-19(22-15(2)26-20)21(25)24(23-18)13-12-16-6-4-3-5-7-16/h3-11H,12-13H2,1-2H3. The first-order valence-electron chi connectivity index (χ1n) is 8.61. The van der Waals surface area contributed by atoms with E-state index in [1.165, 1.54) is 22.5 Å². The first-order valence-corrected chi connectivity index (χ1v) is 9.43. The molecule has 0 aliphatic heterocycles. The second kappa shape index (κ2) is 6.84. The summed E-state index contributed by atoms with van der Waals surface area (Å²) in [6, 6.07) is 18.4. The minimum atomic E-state index is -0.115. The molecule has 0 bridgehead atoms. The maximum atomic E-state index is 12.8. The number of aromatic nitrogens is 3. The van der Waals surface area contributed by atoms with E-state index in [2.05, 4.69) is 48.3 Å². The highest BCUT2D eigenvalue weighted by atomic mass is 32.1. The molecule has 2 heterocycles. The second-order valence-corrected chi connectivity index (χ2v) is 7.59. The van der Waals surface area contributed by atoms with Crippen LogP contribution in [0.4, 0.5) is 0 Å². The van der Waals surface area contributed by atoms with Crippen LogP contribution in [0.2, 0.25) is 0 Å². The van der Waals surface area contributed by atoms with E-state index in [0.717, 1.165) is 27.4 Å². The number of hydrogen-bond donors (Lipinski definition) is 0. The highest BCUT2D eigenvalue weighted by Crippen LogP contribution is 2.29. The molecule has 0 unspecified atom stereocenters. The molecule has 0 saturated heterocycles. The topological polar surface area (TPSA) is 47.8 Å². The van der Waals surface area contributed by atoms with Crippen LogP contribution in [0.1, 0.15) is 16.1 Å². The number of rotatable bonds is 4. The van der Waals surface area contributed by atoms with Gasteiger partial charge in [0.05, 0.1) is 9.71 Å². The Morgan fingerprint density at radius 3 is 2.46 bits per heavy atom. The van der Waals surface area contributed by atoms with E-state index >= 15 is 0 Å². The summed E-state index contributed by atoms with van der Waals surface area (Å²) in [5, 5.41) is 5.59. The Labute approximate surface area is 155 Å². The molecule has 2 aromatic heterocycles. The van der Waals surface area contributed by atoms with Gasteiger partial charge in [-0.15, -0.1) is 11.3 Å². The van der Waals surface area contributed by atoms with E-state index in [9.17, 15) is 4.79 Å². The van der Waals surface area contributed by atoms with Crippen molar-refractivity contribution < 1.29 is 0 Å². The maximum Gasteiger partial charge on any atom is 0.294 e. The molecule has 0 saturated carbocycles. The van der Waals surface area contributed by atoms with Crippen molar-refractivity contribution in [2.45, 2.75) is 26.8 Å². The van der Waals surface area contributed by atoms with Gasteiger partial charge in [0.1, 0.15) is 5.69 Å². The smallest absolute Gasteiger partial charge is 0.265 e. The average molecular weight is 361 g/mol. The van der Waals surface area contributed by atoms with Gasteiger partial charge in [-0.05, 0) is 25.8 Å². The predicted molar refractivity (Wildman–Crippen MR) is 107 cm³/mol. The van der Waals surface area contributed by atoms with E-state index in [-0.39, 0.29) is 5.56 Å². The molecule has 0 atom stereocenters. The summed E-state index contributed by atoms with van der Waals surface area (Å²) in [5.74, 6) is 0. The molecule has 130 valence electrons. The summed E-state index contributed by atoms with van der Waals surface area (Å²) in [5.41, 5.74) is 4.63. The van der Waals surface area contributed by atoms with Gasteiger partial charge in [0, 0.05) is 12.1 Å². The van der Waals surface area contributed by atoms with Crippen LogP contribution in [0, 0.1) is 13.8 Å². The molecule has 5 heteroatoms. The van der Waals surface area contributed by atoms with E-state index < -0.39 is 0 Å². The minimum Gasteiger partial charge on any atom is -0.265 e. The van der Waals surface area contributed by atoms with Crippen LogP contribution in [-0.4, -0.2) is 14.8 Å². The van der Waals surface area contributed by atoms with Crippen LogP contribution in [0.3, 0.4) is 0 Å². The third-order valence-electron chi connectivity index (χ3n) is 4.39. The summed E-state index contributed by atoms with van der Waals surface area (Å²) in [6.45, 7) is 4.52. The molecule has 0 radical (unpaired) electrons. The number of nitrogens with zero attached hydrogens (tertiary/aromatic N) is 3. The van der Waals surface area contributed by atoms with Crippen LogP contribution < -0.4 is 5.56 Å². The van der Waals surface area contributed by atoms with Gasteiger partial charge < -0.3 is 0 Å². The summed E-state index contributed by atoms with van der Waals surface area (Å²) in [7, 11) is 0. The lowest BCUT2D eigenvalue weighted by Crippen LogP contribution is -2.24. The van der Waals surface area contributed by atoms with Gasteiger partial charge in [-0.25, -0.2) is 9.67 Å². The molecule has 26 heavy (non-hydrogen) atoms. The molecule has 2 aromatic carbocycles. The quantitative estimate of drug-likeness (QED) is 0.542. The van der Waals surface area contributed by atoms with Gasteiger partial charge >= 0.3 is 0 Å². The van der Waals surface area contributed by atoms with E-state index in [1.807, 2.05) is 25.1 Å². The molecule has 4 rings (SSSR count).